The molecule has 2 aromatic rings. The van der Waals surface area contributed by atoms with E-state index in [0.717, 1.165) is 30.9 Å². The van der Waals surface area contributed by atoms with Crippen LogP contribution in [0, 0.1) is 0 Å². The summed E-state index contributed by atoms with van der Waals surface area (Å²) in [6.07, 6.45) is 3.08. The van der Waals surface area contributed by atoms with Gasteiger partial charge in [0.2, 0.25) is 0 Å². The first kappa shape index (κ1) is 16.1. The summed E-state index contributed by atoms with van der Waals surface area (Å²) in [7, 11) is 0. The Morgan fingerprint density at radius 1 is 1.38 bits per heavy atom. The Morgan fingerprint density at radius 3 is 2.83 bits per heavy atom. The van der Waals surface area contributed by atoms with Crippen LogP contribution in [0.2, 0.25) is 5.02 Å². The van der Waals surface area contributed by atoms with Crippen LogP contribution in [0.25, 0.3) is 0 Å². The lowest BCUT2D eigenvalue weighted by Crippen LogP contribution is -2.37. The van der Waals surface area contributed by atoms with E-state index in [2.05, 4.69) is 21.0 Å². The van der Waals surface area contributed by atoms with Crippen LogP contribution in [0.4, 0.5) is 0 Å². The van der Waals surface area contributed by atoms with Crippen molar-refractivity contribution in [3.8, 4) is 0 Å². The van der Waals surface area contributed by atoms with E-state index >= 15 is 0 Å². The number of halogens is 1. The number of aryl methyl sites for hydroxylation is 1. The number of nitrogens with zero attached hydrogens (tertiary/aromatic N) is 4. The third-order valence-electron chi connectivity index (χ3n) is 4.63. The molecule has 0 amide bonds. The van der Waals surface area contributed by atoms with E-state index in [4.69, 9.17) is 11.6 Å². The van der Waals surface area contributed by atoms with Crippen molar-refractivity contribution < 1.29 is 4.79 Å². The second-order valence-corrected chi connectivity index (χ2v) is 7.74. The smallest absolute Gasteiger partial charge is 0.264 e. The number of hydrogen-bond donors (Lipinski definition) is 0. The zero-order valence-corrected chi connectivity index (χ0v) is 15.1. The SMILES string of the molecule is CCc1nc2n(n1)C(=O)C(C(c1cccc(Cl)c1)N1CCCC1)S2. The quantitative estimate of drug-likeness (QED) is 0.833. The Bertz CT molecular complexity index is 772. The molecule has 2 aliphatic heterocycles. The summed E-state index contributed by atoms with van der Waals surface area (Å²) in [6, 6.07) is 7.88. The number of hydrogen-bond acceptors (Lipinski definition) is 5. The van der Waals surface area contributed by atoms with E-state index in [1.54, 1.807) is 0 Å². The Balaban J connectivity index is 1.69. The molecular formula is C17H19ClN4OS. The predicted molar refractivity (Wildman–Crippen MR) is 94.7 cm³/mol. The van der Waals surface area contributed by atoms with Crippen LogP contribution in [0.5, 0.6) is 0 Å². The summed E-state index contributed by atoms with van der Waals surface area (Å²) in [5.74, 6) is 0.754. The Labute approximate surface area is 150 Å². The van der Waals surface area contributed by atoms with E-state index in [-0.39, 0.29) is 17.2 Å². The molecule has 3 heterocycles. The first-order valence-corrected chi connectivity index (χ1v) is 9.59. The Hall–Kier alpha value is -1.37. The van der Waals surface area contributed by atoms with Crippen LogP contribution >= 0.6 is 23.4 Å². The highest BCUT2D eigenvalue weighted by Gasteiger charge is 2.43. The number of carbonyl (C=O) groups excluding carboxylic acids is 1. The highest BCUT2D eigenvalue weighted by molar-refractivity contribution is 8.00. The number of aromatic nitrogens is 3. The highest BCUT2D eigenvalue weighted by Crippen LogP contribution is 2.42. The maximum Gasteiger partial charge on any atom is 0.264 e. The van der Waals surface area contributed by atoms with Gasteiger partial charge in [0.05, 0.1) is 6.04 Å². The molecule has 24 heavy (non-hydrogen) atoms. The van der Waals surface area contributed by atoms with Crippen molar-refractivity contribution in [3.63, 3.8) is 0 Å². The molecule has 1 saturated heterocycles. The zero-order valence-electron chi connectivity index (χ0n) is 13.5. The molecule has 2 atom stereocenters. The Kier molecular flexibility index (Phi) is 4.37. The van der Waals surface area contributed by atoms with Gasteiger partial charge in [-0.25, -0.2) is 4.98 Å². The third kappa shape index (κ3) is 2.76. The predicted octanol–water partition coefficient (Wildman–Crippen LogP) is 3.45. The van der Waals surface area contributed by atoms with Gasteiger partial charge in [-0.15, -0.1) is 5.10 Å². The Morgan fingerprint density at radius 2 is 2.17 bits per heavy atom. The molecule has 0 radical (unpaired) electrons. The molecule has 1 aromatic carbocycles. The number of likely N-dealkylation sites (tertiary alicyclic amines) is 1. The molecule has 1 aromatic heterocycles. The van der Waals surface area contributed by atoms with E-state index < -0.39 is 0 Å². The summed E-state index contributed by atoms with van der Waals surface area (Å²) in [5.41, 5.74) is 1.09. The van der Waals surface area contributed by atoms with Gasteiger partial charge in [-0.05, 0) is 43.6 Å². The van der Waals surface area contributed by atoms with Gasteiger partial charge < -0.3 is 0 Å². The fraction of sp³-hybridized carbons (Fsp3) is 0.471. The molecule has 5 nitrogen and oxygen atoms in total. The van der Waals surface area contributed by atoms with Crippen molar-refractivity contribution in [2.45, 2.75) is 42.6 Å². The maximum absolute atomic E-state index is 13.0. The van der Waals surface area contributed by atoms with Crippen LogP contribution in [-0.2, 0) is 6.42 Å². The molecule has 2 aliphatic rings. The minimum Gasteiger partial charge on any atom is -0.295 e. The molecular weight excluding hydrogens is 344 g/mol. The topological polar surface area (TPSA) is 51.0 Å². The second-order valence-electron chi connectivity index (χ2n) is 6.20. The minimum atomic E-state index is -0.220. The number of thioether (sulfide) groups is 1. The fourth-order valence-corrected chi connectivity index (χ4v) is 4.95. The summed E-state index contributed by atoms with van der Waals surface area (Å²) >= 11 is 7.74. The molecule has 0 saturated carbocycles. The van der Waals surface area contributed by atoms with Gasteiger partial charge in [-0.2, -0.15) is 4.68 Å². The lowest BCUT2D eigenvalue weighted by molar-refractivity contribution is 0.0847. The summed E-state index contributed by atoms with van der Waals surface area (Å²) in [4.78, 5) is 19.8. The molecule has 126 valence electrons. The first-order valence-electron chi connectivity index (χ1n) is 8.33. The van der Waals surface area contributed by atoms with Crippen molar-refractivity contribution >= 4 is 29.3 Å². The van der Waals surface area contributed by atoms with Crippen LogP contribution in [0.15, 0.2) is 29.4 Å². The molecule has 0 bridgehead atoms. The largest absolute Gasteiger partial charge is 0.295 e. The lowest BCUT2D eigenvalue weighted by atomic mass is 10.0. The van der Waals surface area contributed by atoms with Crippen molar-refractivity contribution in [1.29, 1.82) is 0 Å². The van der Waals surface area contributed by atoms with Crippen LogP contribution in [0.1, 0.15) is 42.0 Å². The van der Waals surface area contributed by atoms with Crippen LogP contribution < -0.4 is 0 Å². The molecule has 2 unspecified atom stereocenters. The van der Waals surface area contributed by atoms with E-state index in [1.807, 2.05) is 25.1 Å². The first-order chi connectivity index (χ1) is 11.7. The van der Waals surface area contributed by atoms with E-state index in [0.29, 0.717) is 10.2 Å². The lowest BCUT2D eigenvalue weighted by Gasteiger charge is -2.31. The molecule has 4 rings (SSSR count). The van der Waals surface area contributed by atoms with Crippen LogP contribution in [0.3, 0.4) is 0 Å². The van der Waals surface area contributed by atoms with E-state index in [1.165, 1.54) is 29.3 Å². The summed E-state index contributed by atoms with van der Waals surface area (Å²) < 4.78 is 1.49. The van der Waals surface area contributed by atoms with Crippen molar-refractivity contribution in [1.82, 2.24) is 19.7 Å². The zero-order chi connectivity index (χ0) is 16.7. The minimum absolute atomic E-state index is 0.0114. The maximum atomic E-state index is 13.0. The summed E-state index contributed by atoms with van der Waals surface area (Å²) in [5, 5.41) is 5.55. The number of fused-ring (bicyclic) bond motifs is 1. The van der Waals surface area contributed by atoms with Crippen molar-refractivity contribution in [2.75, 3.05) is 13.1 Å². The average molecular weight is 363 g/mol. The van der Waals surface area contributed by atoms with Gasteiger partial charge >= 0.3 is 0 Å². The van der Waals surface area contributed by atoms with Crippen molar-refractivity contribution in [3.05, 3.63) is 40.7 Å². The van der Waals surface area contributed by atoms with Gasteiger partial charge in [0, 0.05) is 11.4 Å². The highest BCUT2D eigenvalue weighted by atomic mass is 35.5. The van der Waals surface area contributed by atoms with Gasteiger partial charge in [-0.3, -0.25) is 9.69 Å². The van der Waals surface area contributed by atoms with Gasteiger partial charge in [0.1, 0.15) is 5.25 Å². The van der Waals surface area contributed by atoms with E-state index in [9.17, 15) is 4.79 Å². The van der Waals surface area contributed by atoms with Gasteiger partial charge in [0.25, 0.3) is 5.91 Å². The molecule has 0 N–H and O–H groups in total. The summed E-state index contributed by atoms with van der Waals surface area (Å²) in [6.45, 7) is 4.02. The van der Waals surface area contributed by atoms with Crippen LogP contribution in [-0.4, -0.2) is 43.9 Å². The monoisotopic (exact) mass is 362 g/mol. The third-order valence-corrected chi connectivity index (χ3v) is 6.06. The molecule has 7 heteroatoms. The molecule has 0 aliphatic carbocycles. The average Bonchev–Trinajstić information content (AvgIpc) is 3.28. The van der Waals surface area contributed by atoms with Gasteiger partial charge in [0.15, 0.2) is 11.0 Å². The number of carbonyl (C=O) groups is 1. The normalized spacial score (nSPS) is 22.1. The molecule has 1 fully saturated rings. The second kappa shape index (κ2) is 6.50. The van der Waals surface area contributed by atoms with Crippen molar-refractivity contribution in [2.24, 2.45) is 0 Å². The molecule has 0 spiro atoms. The van der Waals surface area contributed by atoms with Gasteiger partial charge in [-0.1, -0.05) is 42.4 Å². The standard InChI is InChI=1S/C17H19ClN4OS/c1-2-13-19-17-22(20-13)16(23)15(24-17)14(21-8-3-4-9-21)11-6-5-7-12(18)10-11/h5-7,10,14-15H,2-4,8-9H2,1H3. The number of benzene rings is 1. The fourth-order valence-electron chi connectivity index (χ4n) is 3.48. The number of rotatable bonds is 4.